The molecule has 2 heterocycles. The highest BCUT2D eigenvalue weighted by Crippen LogP contribution is 2.31. The first-order valence-corrected chi connectivity index (χ1v) is 10.4. The van der Waals surface area contributed by atoms with Crippen LogP contribution in [0.4, 0.5) is 0 Å². The summed E-state index contributed by atoms with van der Waals surface area (Å²) in [6, 6.07) is 16.2. The number of aromatic nitrogens is 1. The summed E-state index contributed by atoms with van der Waals surface area (Å²) in [6.07, 6.45) is 1.96. The summed E-state index contributed by atoms with van der Waals surface area (Å²) < 4.78 is 0. The molecule has 1 N–H and O–H groups in total. The number of H-pyrrole nitrogens is 1. The van der Waals surface area contributed by atoms with Gasteiger partial charge in [-0.1, -0.05) is 44.5 Å². The maximum Gasteiger partial charge on any atom is 0.253 e. The van der Waals surface area contributed by atoms with Crippen molar-refractivity contribution in [3.8, 4) is 0 Å². The van der Waals surface area contributed by atoms with Gasteiger partial charge in [0.2, 0.25) is 0 Å². The predicted molar refractivity (Wildman–Crippen MR) is 116 cm³/mol. The van der Waals surface area contributed by atoms with Crippen molar-refractivity contribution >= 4 is 28.4 Å². The van der Waals surface area contributed by atoms with Crippen LogP contribution in [0.3, 0.4) is 0 Å². The van der Waals surface area contributed by atoms with Crippen LogP contribution in [-0.2, 0) is 5.41 Å². The van der Waals surface area contributed by atoms with E-state index in [-0.39, 0.29) is 11.3 Å². The van der Waals surface area contributed by atoms with Gasteiger partial charge in [-0.3, -0.25) is 4.79 Å². The predicted octanol–water partition coefficient (Wildman–Crippen LogP) is 6.14. The topological polar surface area (TPSA) is 36.1 Å². The summed E-state index contributed by atoms with van der Waals surface area (Å²) in [6.45, 7) is 8.15. The maximum atomic E-state index is 12.9. The largest absolute Gasteiger partial charge is 0.358 e. The molecular weight excluding hydrogens is 368 g/mol. The Morgan fingerprint density at radius 1 is 1.04 bits per heavy atom. The molecule has 1 amide bonds. The average Bonchev–Trinajstić information content (AvgIpc) is 3.10. The highest BCUT2D eigenvalue weighted by atomic mass is 35.5. The summed E-state index contributed by atoms with van der Waals surface area (Å²) in [5.41, 5.74) is 4.51. The fourth-order valence-corrected chi connectivity index (χ4v) is 4.22. The van der Waals surface area contributed by atoms with E-state index in [1.54, 1.807) is 0 Å². The van der Waals surface area contributed by atoms with Crippen LogP contribution in [0.5, 0.6) is 0 Å². The summed E-state index contributed by atoms with van der Waals surface area (Å²) in [5.74, 6) is 0.598. The molecule has 28 heavy (non-hydrogen) atoms. The number of halogens is 1. The van der Waals surface area contributed by atoms with Crippen LogP contribution in [0.25, 0.3) is 10.9 Å². The summed E-state index contributed by atoms with van der Waals surface area (Å²) >= 11 is 6.10. The first-order chi connectivity index (χ1) is 13.3. The lowest BCUT2D eigenvalue weighted by Crippen LogP contribution is -2.38. The van der Waals surface area contributed by atoms with E-state index in [1.165, 1.54) is 11.3 Å². The van der Waals surface area contributed by atoms with Crippen molar-refractivity contribution in [3.63, 3.8) is 0 Å². The van der Waals surface area contributed by atoms with Gasteiger partial charge in [-0.05, 0) is 60.2 Å². The smallest absolute Gasteiger partial charge is 0.253 e. The van der Waals surface area contributed by atoms with Gasteiger partial charge in [-0.25, -0.2) is 0 Å². The molecule has 4 rings (SSSR count). The number of carbonyl (C=O) groups excluding carboxylic acids is 1. The Hall–Kier alpha value is -2.26. The van der Waals surface area contributed by atoms with Crippen molar-refractivity contribution in [2.75, 3.05) is 13.1 Å². The van der Waals surface area contributed by atoms with Gasteiger partial charge in [0.05, 0.1) is 0 Å². The highest BCUT2D eigenvalue weighted by molar-refractivity contribution is 6.31. The van der Waals surface area contributed by atoms with Crippen LogP contribution in [-0.4, -0.2) is 28.9 Å². The zero-order valence-electron chi connectivity index (χ0n) is 16.8. The number of aromatic amines is 1. The van der Waals surface area contributed by atoms with Gasteiger partial charge in [0, 0.05) is 46.2 Å². The Bertz CT molecular complexity index is 990. The number of hydrogen-bond donors (Lipinski definition) is 1. The van der Waals surface area contributed by atoms with E-state index in [0.29, 0.717) is 5.92 Å². The Balaban J connectivity index is 1.42. The third-order valence-corrected chi connectivity index (χ3v) is 6.06. The number of fused-ring (bicyclic) bond motifs is 1. The van der Waals surface area contributed by atoms with Crippen molar-refractivity contribution < 1.29 is 4.79 Å². The number of amides is 1. The van der Waals surface area contributed by atoms with Gasteiger partial charge >= 0.3 is 0 Å². The van der Waals surface area contributed by atoms with Crippen molar-refractivity contribution in [1.82, 2.24) is 9.88 Å². The Morgan fingerprint density at radius 2 is 1.71 bits per heavy atom. The molecule has 0 spiro atoms. The molecule has 4 heteroatoms. The fourth-order valence-electron chi connectivity index (χ4n) is 4.03. The quantitative estimate of drug-likeness (QED) is 0.556. The molecular formula is C24H27ClN2O. The highest BCUT2D eigenvalue weighted by Gasteiger charge is 2.26. The summed E-state index contributed by atoms with van der Waals surface area (Å²) in [7, 11) is 0. The number of nitrogens with zero attached hydrogens (tertiary/aromatic N) is 1. The number of hydrogen-bond acceptors (Lipinski definition) is 1. The lowest BCUT2D eigenvalue weighted by molar-refractivity contribution is 0.0712. The van der Waals surface area contributed by atoms with E-state index in [9.17, 15) is 4.79 Å². The normalized spacial score (nSPS) is 15.9. The number of likely N-dealkylation sites (tertiary alicyclic amines) is 1. The molecule has 0 unspecified atom stereocenters. The van der Waals surface area contributed by atoms with Gasteiger partial charge in [0.25, 0.3) is 5.91 Å². The molecule has 0 saturated carbocycles. The standard InChI is InChI=1S/C24H27ClN2O/c1-24(2,3)19-6-4-17(5-7-19)23(28)27-12-10-16(11-13-27)22-15-18-14-20(25)8-9-21(18)26-22/h4-9,14-16,26H,10-13H2,1-3H3. The second-order valence-corrected chi connectivity index (χ2v) is 9.29. The van der Waals surface area contributed by atoms with Crippen LogP contribution in [0, 0.1) is 0 Å². The monoisotopic (exact) mass is 394 g/mol. The lowest BCUT2D eigenvalue weighted by atomic mass is 9.86. The van der Waals surface area contributed by atoms with Gasteiger partial charge < -0.3 is 9.88 Å². The van der Waals surface area contributed by atoms with Crippen LogP contribution in [0.1, 0.15) is 61.1 Å². The van der Waals surface area contributed by atoms with E-state index < -0.39 is 0 Å². The lowest BCUT2D eigenvalue weighted by Gasteiger charge is -2.32. The number of benzene rings is 2. The first-order valence-electron chi connectivity index (χ1n) is 9.99. The van der Waals surface area contributed by atoms with Crippen molar-refractivity contribution in [2.45, 2.75) is 44.9 Å². The minimum atomic E-state index is 0.101. The summed E-state index contributed by atoms with van der Waals surface area (Å²) in [5, 5.41) is 1.91. The van der Waals surface area contributed by atoms with E-state index in [0.717, 1.165) is 47.4 Å². The molecule has 1 aliphatic heterocycles. The van der Waals surface area contributed by atoms with Crippen LogP contribution >= 0.6 is 11.6 Å². The molecule has 3 aromatic rings. The molecule has 0 radical (unpaired) electrons. The third-order valence-electron chi connectivity index (χ3n) is 5.82. The first kappa shape index (κ1) is 19.1. The zero-order valence-corrected chi connectivity index (χ0v) is 17.5. The van der Waals surface area contributed by atoms with Crippen molar-refractivity contribution in [2.24, 2.45) is 0 Å². The molecule has 0 atom stereocenters. The molecule has 146 valence electrons. The second kappa shape index (κ2) is 7.29. The van der Waals surface area contributed by atoms with E-state index >= 15 is 0 Å². The second-order valence-electron chi connectivity index (χ2n) is 8.85. The van der Waals surface area contributed by atoms with E-state index in [4.69, 9.17) is 11.6 Å². The number of rotatable bonds is 2. The maximum absolute atomic E-state index is 12.9. The van der Waals surface area contributed by atoms with Crippen molar-refractivity contribution in [3.05, 3.63) is 70.4 Å². The van der Waals surface area contributed by atoms with E-state index in [2.05, 4.69) is 44.0 Å². The minimum absolute atomic E-state index is 0.101. The SMILES string of the molecule is CC(C)(C)c1ccc(C(=O)N2CCC(c3cc4cc(Cl)ccc4[nH]3)CC2)cc1. The Kier molecular flexibility index (Phi) is 4.96. The Morgan fingerprint density at radius 3 is 2.36 bits per heavy atom. The molecule has 1 saturated heterocycles. The van der Waals surface area contributed by atoms with Crippen molar-refractivity contribution in [1.29, 1.82) is 0 Å². The van der Waals surface area contributed by atoms with Gasteiger partial charge in [-0.2, -0.15) is 0 Å². The number of piperidine rings is 1. The molecule has 0 aliphatic carbocycles. The minimum Gasteiger partial charge on any atom is -0.358 e. The number of nitrogens with one attached hydrogen (secondary N) is 1. The third kappa shape index (κ3) is 3.81. The molecule has 1 aromatic heterocycles. The zero-order chi connectivity index (χ0) is 19.9. The molecule has 2 aromatic carbocycles. The van der Waals surface area contributed by atoms with Gasteiger partial charge in [0.15, 0.2) is 0 Å². The average molecular weight is 395 g/mol. The molecule has 1 fully saturated rings. The van der Waals surface area contributed by atoms with Crippen LogP contribution in [0.2, 0.25) is 5.02 Å². The van der Waals surface area contributed by atoms with Gasteiger partial charge in [0.1, 0.15) is 0 Å². The van der Waals surface area contributed by atoms with E-state index in [1.807, 2.05) is 35.2 Å². The fraction of sp³-hybridized carbons (Fsp3) is 0.375. The molecule has 1 aliphatic rings. The molecule has 3 nitrogen and oxygen atoms in total. The molecule has 0 bridgehead atoms. The summed E-state index contributed by atoms with van der Waals surface area (Å²) in [4.78, 5) is 18.4. The van der Waals surface area contributed by atoms with Crippen LogP contribution in [0.15, 0.2) is 48.5 Å². The number of carbonyl (C=O) groups is 1. The Labute approximate surface area is 171 Å². The van der Waals surface area contributed by atoms with Gasteiger partial charge in [-0.15, -0.1) is 0 Å². The van der Waals surface area contributed by atoms with Crippen LogP contribution < -0.4 is 0 Å².